The summed E-state index contributed by atoms with van der Waals surface area (Å²) < 4.78 is 5.02. The van der Waals surface area contributed by atoms with Crippen LogP contribution in [0.25, 0.3) is 0 Å². The van der Waals surface area contributed by atoms with Crippen LogP contribution in [0.5, 0.6) is 0 Å². The molecular formula is C12H15NO2. The van der Waals surface area contributed by atoms with Crippen LogP contribution >= 0.6 is 0 Å². The highest BCUT2D eigenvalue weighted by molar-refractivity contribution is 5.75. The number of hydrogen-bond donors (Lipinski definition) is 1. The van der Waals surface area contributed by atoms with Crippen LogP contribution < -0.4 is 5.73 Å². The number of carbonyl (C=O) groups is 1. The van der Waals surface area contributed by atoms with Crippen LogP contribution in [-0.4, -0.2) is 12.6 Å². The smallest absolute Gasteiger partial charge is 0.309 e. The molecule has 0 saturated carbocycles. The second kappa shape index (κ2) is 3.93. The summed E-state index contributed by atoms with van der Waals surface area (Å²) in [7, 11) is 0. The maximum Gasteiger partial charge on any atom is 0.309 e. The SMILES string of the molecule is CCOC(=O)C1Cc2cccc(N)c2C1. The van der Waals surface area contributed by atoms with E-state index in [1.54, 1.807) is 0 Å². The van der Waals surface area contributed by atoms with Crippen LogP contribution in [0.2, 0.25) is 0 Å². The Balaban J connectivity index is 2.15. The number of rotatable bonds is 2. The number of ether oxygens (including phenoxy) is 1. The molecule has 3 heteroatoms. The summed E-state index contributed by atoms with van der Waals surface area (Å²) in [6.45, 7) is 2.27. The number of fused-ring (bicyclic) bond motifs is 1. The number of carbonyl (C=O) groups excluding carboxylic acids is 1. The summed E-state index contributed by atoms with van der Waals surface area (Å²) in [5.74, 6) is -0.141. The van der Waals surface area contributed by atoms with E-state index in [2.05, 4.69) is 0 Å². The van der Waals surface area contributed by atoms with Crippen molar-refractivity contribution < 1.29 is 9.53 Å². The first-order valence-corrected chi connectivity index (χ1v) is 5.25. The average Bonchev–Trinajstić information content (AvgIpc) is 2.63. The van der Waals surface area contributed by atoms with Gasteiger partial charge in [-0.25, -0.2) is 0 Å². The molecular weight excluding hydrogens is 190 g/mol. The highest BCUT2D eigenvalue weighted by atomic mass is 16.5. The van der Waals surface area contributed by atoms with Crippen LogP contribution in [-0.2, 0) is 22.4 Å². The summed E-state index contributed by atoms with van der Waals surface area (Å²) >= 11 is 0. The van der Waals surface area contributed by atoms with Crippen LogP contribution in [0, 0.1) is 5.92 Å². The lowest BCUT2D eigenvalue weighted by Gasteiger charge is -2.07. The Morgan fingerprint density at radius 2 is 2.33 bits per heavy atom. The fraction of sp³-hybridized carbons (Fsp3) is 0.417. The average molecular weight is 205 g/mol. The summed E-state index contributed by atoms with van der Waals surface area (Å²) in [6.07, 6.45) is 1.49. The molecule has 1 aliphatic carbocycles. The Kier molecular flexibility index (Phi) is 2.62. The molecule has 1 unspecified atom stereocenters. The molecule has 0 aromatic heterocycles. The molecule has 0 heterocycles. The minimum atomic E-state index is -0.104. The Morgan fingerprint density at radius 1 is 1.53 bits per heavy atom. The van der Waals surface area contributed by atoms with Crippen molar-refractivity contribution in [2.45, 2.75) is 19.8 Å². The van der Waals surface area contributed by atoms with Gasteiger partial charge in [-0.15, -0.1) is 0 Å². The van der Waals surface area contributed by atoms with E-state index < -0.39 is 0 Å². The van der Waals surface area contributed by atoms with Crippen LogP contribution in [0.4, 0.5) is 5.69 Å². The fourth-order valence-electron chi connectivity index (χ4n) is 2.11. The van der Waals surface area contributed by atoms with E-state index in [1.807, 2.05) is 25.1 Å². The molecule has 2 N–H and O–H groups in total. The van der Waals surface area contributed by atoms with Crippen molar-refractivity contribution >= 4 is 11.7 Å². The zero-order valence-corrected chi connectivity index (χ0v) is 8.82. The van der Waals surface area contributed by atoms with Crippen molar-refractivity contribution in [3.63, 3.8) is 0 Å². The van der Waals surface area contributed by atoms with Gasteiger partial charge in [0.05, 0.1) is 12.5 Å². The van der Waals surface area contributed by atoms with Gasteiger partial charge in [0.15, 0.2) is 0 Å². The molecule has 1 aromatic rings. The molecule has 1 atom stereocenters. The van der Waals surface area contributed by atoms with Crippen molar-refractivity contribution in [3.8, 4) is 0 Å². The third-order valence-corrected chi connectivity index (χ3v) is 2.85. The van der Waals surface area contributed by atoms with Gasteiger partial charge in [0.2, 0.25) is 0 Å². The van der Waals surface area contributed by atoms with Crippen molar-refractivity contribution in [1.29, 1.82) is 0 Å². The van der Waals surface area contributed by atoms with E-state index in [-0.39, 0.29) is 11.9 Å². The van der Waals surface area contributed by atoms with E-state index in [9.17, 15) is 4.79 Å². The van der Waals surface area contributed by atoms with E-state index >= 15 is 0 Å². The van der Waals surface area contributed by atoms with E-state index in [1.165, 1.54) is 5.56 Å². The van der Waals surface area contributed by atoms with Gasteiger partial charge in [-0.05, 0) is 37.0 Å². The normalized spacial score (nSPS) is 18.6. The number of esters is 1. The lowest BCUT2D eigenvalue weighted by atomic mass is 10.1. The van der Waals surface area contributed by atoms with E-state index in [0.29, 0.717) is 6.61 Å². The standard InChI is InChI=1S/C12H15NO2/c1-2-15-12(14)9-6-8-4-3-5-11(13)10(8)7-9/h3-5,9H,2,6-7,13H2,1H3. The van der Waals surface area contributed by atoms with Crippen molar-refractivity contribution in [1.82, 2.24) is 0 Å². The molecule has 0 saturated heterocycles. The molecule has 0 radical (unpaired) electrons. The van der Waals surface area contributed by atoms with Gasteiger partial charge in [0, 0.05) is 5.69 Å². The predicted molar refractivity (Wildman–Crippen MR) is 58.4 cm³/mol. The van der Waals surface area contributed by atoms with Crippen LogP contribution in [0.3, 0.4) is 0 Å². The lowest BCUT2D eigenvalue weighted by molar-refractivity contribution is -0.147. The molecule has 15 heavy (non-hydrogen) atoms. The molecule has 0 aliphatic heterocycles. The molecule has 0 spiro atoms. The number of anilines is 1. The molecule has 0 bridgehead atoms. The zero-order valence-electron chi connectivity index (χ0n) is 8.82. The Labute approximate surface area is 89.2 Å². The van der Waals surface area contributed by atoms with Gasteiger partial charge >= 0.3 is 5.97 Å². The lowest BCUT2D eigenvalue weighted by Crippen LogP contribution is -2.17. The topological polar surface area (TPSA) is 52.3 Å². The number of nitrogens with two attached hydrogens (primary N) is 1. The van der Waals surface area contributed by atoms with Crippen LogP contribution in [0.15, 0.2) is 18.2 Å². The highest BCUT2D eigenvalue weighted by Crippen LogP contribution is 2.31. The number of hydrogen-bond acceptors (Lipinski definition) is 3. The molecule has 0 fully saturated rings. The fourth-order valence-corrected chi connectivity index (χ4v) is 2.11. The summed E-state index contributed by atoms with van der Waals surface area (Å²) in [5.41, 5.74) is 8.96. The Morgan fingerprint density at radius 3 is 3.00 bits per heavy atom. The van der Waals surface area contributed by atoms with Gasteiger partial charge in [0.25, 0.3) is 0 Å². The van der Waals surface area contributed by atoms with E-state index in [0.717, 1.165) is 24.1 Å². The zero-order chi connectivity index (χ0) is 10.8. The second-order valence-corrected chi connectivity index (χ2v) is 3.84. The van der Waals surface area contributed by atoms with Gasteiger partial charge in [0.1, 0.15) is 0 Å². The predicted octanol–water partition coefficient (Wildman–Crippen LogP) is 1.55. The Bertz CT molecular complexity index is 387. The minimum Gasteiger partial charge on any atom is -0.466 e. The quantitative estimate of drug-likeness (QED) is 0.588. The van der Waals surface area contributed by atoms with Gasteiger partial charge in [-0.3, -0.25) is 4.79 Å². The molecule has 1 aromatic carbocycles. The maximum absolute atomic E-state index is 11.6. The maximum atomic E-state index is 11.6. The molecule has 3 nitrogen and oxygen atoms in total. The third-order valence-electron chi connectivity index (χ3n) is 2.85. The minimum absolute atomic E-state index is 0.0374. The van der Waals surface area contributed by atoms with Crippen molar-refractivity contribution in [3.05, 3.63) is 29.3 Å². The Hall–Kier alpha value is -1.51. The molecule has 2 rings (SSSR count). The summed E-state index contributed by atoms with van der Waals surface area (Å²) in [4.78, 5) is 11.6. The first kappa shape index (κ1) is 10.0. The largest absolute Gasteiger partial charge is 0.466 e. The highest BCUT2D eigenvalue weighted by Gasteiger charge is 2.29. The van der Waals surface area contributed by atoms with Gasteiger partial charge < -0.3 is 10.5 Å². The van der Waals surface area contributed by atoms with Gasteiger partial charge in [-0.1, -0.05) is 12.1 Å². The summed E-state index contributed by atoms with van der Waals surface area (Å²) in [5, 5.41) is 0. The monoisotopic (exact) mass is 205 g/mol. The van der Waals surface area contributed by atoms with Crippen LogP contribution in [0.1, 0.15) is 18.1 Å². The van der Waals surface area contributed by atoms with Crippen molar-refractivity contribution in [2.75, 3.05) is 12.3 Å². The first-order valence-electron chi connectivity index (χ1n) is 5.25. The van der Waals surface area contributed by atoms with E-state index in [4.69, 9.17) is 10.5 Å². The third kappa shape index (κ3) is 1.82. The second-order valence-electron chi connectivity index (χ2n) is 3.84. The van der Waals surface area contributed by atoms with Gasteiger partial charge in [-0.2, -0.15) is 0 Å². The first-order chi connectivity index (χ1) is 7.22. The number of benzene rings is 1. The molecule has 1 aliphatic rings. The summed E-state index contributed by atoms with van der Waals surface area (Å²) in [6, 6.07) is 5.85. The number of nitrogen functional groups attached to an aromatic ring is 1. The molecule has 80 valence electrons. The van der Waals surface area contributed by atoms with Crippen molar-refractivity contribution in [2.24, 2.45) is 5.92 Å². The molecule has 0 amide bonds.